The van der Waals surface area contributed by atoms with Crippen LogP contribution in [-0.4, -0.2) is 12.7 Å². The van der Waals surface area contributed by atoms with E-state index in [-0.39, 0.29) is 5.41 Å². The van der Waals surface area contributed by atoms with Crippen LogP contribution in [0.4, 0.5) is 0 Å². The highest BCUT2D eigenvalue weighted by atomic mass is 16.5. The highest BCUT2D eigenvalue weighted by Gasteiger charge is 2.35. The molecule has 0 radical (unpaired) electrons. The van der Waals surface area contributed by atoms with Gasteiger partial charge in [-0.3, -0.25) is 0 Å². The molecule has 0 bridgehead atoms. The van der Waals surface area contributed by atoms with E-state index in [4.69, 9.17) is 4.74 Å². The largest absolute Gasteiger partial charge is 0.378 e. The van der Waals surface area contributed by atoms with Gasteiger partial charge in [0.15, 0.2) is 0 Å². The molecular weight excluding hydrogens is 366 g/mol. The Morgan fingerprint density at radius 3 is 1.90 bits per heavy atom. The highest BCUT2D eigenvalue weighted by molar-refractivity contribution is 5.01. The van der Waals surface area contributed by atoms with Gasteiger partial charge in [-0.25, -0.2) is 0 Å². The number of rotatable bonds is 15. The third-order valence-electron chi connectivity index (χ3n) is 8.14. The van der Waals surface area contributed by atoms with E-state index in [9.17, 15) is 5.26 Å². The summed E-state index contributed by atoms with van der Waals surface area (Å²) in [5, 5.41) is 9.80. The quantitative estimate of drug-likeness (QED) is 0.249. The summed E-state index contributed by atoms with van der Waals surface area (Å²) in [7, 11) is 0. The van der Waals surface area contributed by atoms with Crippen molar-refractivity contribution in [2.24, 2.45) is 17.3 Å². The molecule has 0 heterocycles. The molecule has 0 aromatic heterocycles. The van der Waals surface area contributed by atoms with Crippen molar-refractivity contribution in [1.29, 1.82) is 5.26 Å². The molecule has 2 aliphatic carbocycles. The second-order valence-electron chi connectivity index (χ2n) is 10.7. The van der Waals surface area contributed by atoms with Gasteiger partial charge in [-0.15, -0.1) is 0 Å². The topological polar surface area (TPSA) is 33.0 Å². The van der Waals surface area contributed by atoms with Crippen LogP contribution >= 0.6 is 0 Å². The first-order valence-electron chi connectivity index (χ1n) is 13.7. The molecule has 0 aromatic rings. The molecule has 0 spiro atoms. The van der Waals surface area contributed by atoms with Crippen LogP contribution in [0.25, 0.3) is 0 Å². The smallest absolute Gasteiger partial charge is 0.0689 e. The minimum Gasteiger partial charge on any atom is -0.378 e. The summed E-state index contributed by atoms with van der Waals surface area (Å²) in [6.45, 7) is 5.54. The predicted octanol–water partition coefficient (Wildman–Crippen LogP) is 8.98. The van der Waals surface area contributed by atoms with Crippen molar-refractivity contribution in [1.82, 2.24) is 0 Å². The van der Waals surface area contributed by atoms with E-state index < -0.39 is 0 Å². The van der Waals surface area contributed by atoms with Crippen LogP contribution in [0.2, 0.25) is 0 Å². The van der Waals surface area contributed by atoms with Crippen molar-refractivity contribution in [3.63, 3.8) is 0 Å². The van der Waals surface area contributed by atoms with E-state index in [0.29, 0.717) is 6.10 Å². The van der Waals surface area contributed by atoms with Crippen molar-refractivity contribution in [3.05, 3.63) is 0 Å². The van der Waals surface area contributed by atoms with Crippen LogP contribution in [0.3, 0.4) is 0 Å². The molecule has 174 valence electrons. The summed E-state index contributed by atoms with van der Waals surface area (Å²) in [5.74, 6) is 1.79. The van der Waals surface area contributed by atoms with Crippen molar-refractivity contribution < 1.29 is 4.74 Å². The zero-order chi connectivity index (χ0) is 21.5. The maximum Gasteiger partial charge on any atom is 0.0689 e. The average molecular weight is 418 g/mol. The molecule has 0 unspecified atom stereocenters. The number of unbranched alkanes of at least 4 members (excludes halogenated alkanes) is 8. The molecule has 0 N–H and O–H groups in total. The predicted molar refractivity (Wildman–Crippen MR) is 128 cm³/mol. The van der Waals surface area contributed by atoms with Gasteiger partial charge in [0.25, 0.3) is 0 Å². The van der Waals surface area contributed by atoms with E-state index in [1.54, 1.807) is 0 Å². The maximum atomic E-state index is 9.80. The van der Waals surface area contributed by atoms with E-state index >= 15 is 0 Å². The molecule has 2 aliphatic rings. The average Bonchev–Trinajstić information content (AvgIpc) is 2.79. The maximum absolute atomic E-state index is 9.80. The molecule has 0 atom stereocenters. The molecule has 2 saturated carbocycles. The van der Waals surface area contributed by atoms with Crippen LogP contribution in [0.15, 0.2) is 0 Å². The molecule has 2 nitrogen and oxygen atoms in total. The second-order valence-corrected chi connectivity index (χ2v) is 10.7. The molecule has 30 heavy (non-hydrogen) atoms. The summed E-state index contributed by atoms with van der Waals surface area (Å²) in [6.07, 6.45) is 26.6. The van der Waals surface area contributed by atoms with Crippen molar-refractivity contribution >= 4 is 0 Å². The lowest BCUT2D eigenvalue weighted by molar-refractivity contribution is -0.0185. The third kappa shape index (κ3) is 9.72. The van der Waals surface area contributed by atoms with Crippen molar-refractivity contribution in [3.8, 4) is 6.07 Å². The van der Waals surface area contributed by atoms with Crippen LogP contribution < -0.4 is 0 Å². The molecule has 0 saturated heterocycles. The van der Waals surface area contributed by atoms with Gasteiger partial charge in [0.1, 0.15) is 0 Å². The summed E-state index contributed by atoms with van der Waals surface area (Å²) < 4.78 is 6.37. The first-order valence-corrected chi connectivity index (χ1v) is 13.7. The minimum atomic E-state index is -0.0404. The Morgan fingerprint density at radius 2 is 1.30 bits per heavy atom. The van der Waals surface area contributed by atoms with Gasteiger partial charge in [-0.1, -0.05) is 97.3 Å². The zero-order valence-corrected chi connectivity index (χ0v) is 20.4. The van der Waals surface area contributed by atoms with E-state index in [2.05, 4.69) is 19.9 Å². The highest BCUT2D eigenvalue weighted by Crippen LogP contribution is 2.41. The standard InChI is InChI=1S/C28H51NO/c1-3-5-7-9-11-13-25-14-16-26(17-15-25)23-30-27-18-21-28(24-29,22-19-27)20-12-10-8-6-4-2/h25-27H,3-23H2,1-2H3. The molecule has 2 heteroatoms. The Hall–Kier alpha value is -0.550. The lowest BCUT2D eigenvalue weighted by atomic mass is 9.71. The summed E-state index contributed by atoms with van der Waals surface area (Å²) in [6, 6.07) is 2.71. The van der Waals surface area contributed by atoms with Gasteiger partial charge in [0, 0.05) is 6.61 Å². The van der Waals surface area contributed by atoms with Crippen molar-refractivity contribution in [2.75, 3.05) is 6.61 Å². The Labute approximate surface area is 188 Å². The fourth-order valence-electron chi connectivity index (χ4n) is 5.79. The van der Waals surface area contributed by atoms with Crippen LogP contribution in [0.1, 0.15) is 142 Å². The SMILES string of the molecule is CCCCCCCC1CCC(COC2CCC(C#N)(CCCCCCC)CC2)CC1. The minimum absolute atomic E-state index is 0.0404. The molecular formula is C28H51NO. The van der Waals surface area contributed by atoms with Gasteiger partial charge < -0.3 is 4.74 Å². The van der Waals surface area contributed by atoms with Gasteiger partial charge in [0.2, 0.25) is 0 Å². The Bertz CT molecular complexity index is 452. The monoisotopic (exact) mass is 417 g/mol. The van der Waals surface area contributed by atoms with Gasteiger partial charge in [-0.2, -0.15) is 5.26 Å². The lowest BCUT2D eigenvalue weighted by Crippen LogP contribution is -2.31. The second kappa shape index (κ2) is 15.3. The summed E-state index contributed by atoms with van der Waals surface area (Å²) in [5.41, 5.74) is -0.0404. The fraction of sp³-hybridized carbons (Fsp3) is 0.964. The first-order chi connectivity index (χ1) is 14.7. The molecule has 2 rings (SSSR count). The first kappa shape index (κ1) is 25.7. The van der Waals surface area contributed by atoms with E-state index in [1.165, 1.54) is 96.3 Å². The zero-order valence-electron chi connectivity index (χ0n) is 20.4. The molecule has 0 amide bonds. The Balaban J connectivity index is 1.54. The lowest BCUT2D eigenvalue weighted by Gasteiger charge is -2.36. The van der Waals surface area contributed by atoms with Gasteiger partial charge in [-0.05, 0) is 56.8 Å². The number of nitriles is 1. The van der Waals surface area contributed by atoms with Crippen LogP contribution in [0, 0.1) is 28.6 Å². The summed E-state index contributed by atoms with van der Waals surface area (Å²) in [4.78, 5) is 0. The number of nitrogens with zero attached hydrogens (tertiary/aromatic N) is 1. The number of ether oxygens (including phenoxy) is 1. The Kier molecular flexibility index (Phi) is 13.1. The molecule has 0 aliphatic heterocycles. The summed E-state index contributed by atoms with van der Waals surface area (Å²) >= 11 is 0. The van der Waals surface area contributed by atoms with Gasteiger partial charge >= 0.3 is 0 Å². The van der Waals surface area contributed by atoms with Crippen molar-refractivity contribution in [2.45, 2.75) is 148 Å². The normalized spacial score (nSPS) is 29.6. The molecule has 0 aromatic carbocycles. The number of hydrogen-bond acceptors (Lipinski definition) is 2. The van der Waals surface area contributed by atoms with Crippen LogP contribution in [-0.2, 0) is 4.74 Å². The van der Waals surface area contributed by atoms with E-state index in [1.807, 2.05) is 0 Å². The van der Waals surface area contributed by atoms with Crippen LogP contribution in [0.5, 0.6) is 0 Å². The van der Waals surface area contributed by atoms with Gasteiger partial charge in [0.05, 0.1) is 17.6 Å². The Morgan fingerprint density at radius 1 is 0.733 bits per heavy atom. The number of hydrogen-bond donors (Lipinski definition) is 0. The third-order valence-corrected chi connectivity index (χ3v) is 8.14. The van der Waals surface area contributed by atoms with E-state index in [0.717, 1.165) is 50.5 Å². The fourth-order valence-corrected chi connectivity index (χ4v) is 5.79. The molecule has 2 fully saturated rings.